The van der Waals surface area contributed by atoms with E-state index in [1.807, 2.05) is 54.6 Å². The molecule has 0 unspecified atom stereocenters. The van der Waals surface area contributed by atoms with Gasteiger partial charge in [-0.3, -0.25) is 4.79 Å². The first-order chi connectivity index (χ1) is 18.9. The third kappa shape index (κ3) is 6.59. The molecule has 10 heteroatoms. The van der Waals surface area contributed by atoms with Crippen molar-refractivity contribution in [2.45, 2.75) is 44.3 Å². The van der Waals surface area contributed by atoms with E-state index in [2.05, 4.69) is 30.1 Å². The van der Waals surface area contributed by atoms with E-state index in [4.69, 9.17) is 26.2 Å². The average Bonchev–Trinajstić information content (AvgIpc) is 3.26. The van der Waals surface area contributed by atoms with Gasteiger partial charge in [-0.15, -0.1) is 0 Å². The van der Waals surface area contributed by atoms with Crippen molar-refractivity contribution in [1.29, 1.82) is 0 Å². The van der Waals surface area contributed by atoms with E-state index >= 15 is 0 Å². The molecule has 6 nitrogen and oxygen atoms in total. The molecule has 0 radical (unpaired) electrons. The number of carbonyl (C=O) groups excluding carboxylic acids is 1. The number of likely N-dealkylation sites (tertiary alicyclic amines) is 1. The van der Waals surface area contributed by atoms with Crippen molar-refractivity contribution in [3.05, 3.63) is 82.9 Å². The van der Waals surface area contributed by atoms with E-state index in [1.54, 1.807) is 6.07 Å². The summed E-state index contributed by atoms with van der Waals surface area (Å²) in [6.45, 7) is 7.38. The smallest absolute Gasteiger partial charge is 0.490 e. The second-order valence-electron chi connectivity index (χ2n) is 10.2. The second kappa shape index (κ2) is 11.9. The van der Waals surface area contributed by atoms with E-state index in [-0.39, 0.29) is 11.3 Å². The predicted octanol–water partition coefficient (Wildman–Crippen LogP) is 7.03. The number of nitrogens with one attached hydrogen (secondary N) is 1. The first-order valence-electron chi connectivity index (χ1n) is 12.9. The number of carbonyl (C=O) groups is 2. The van der Waals surface area contributed by atoms with Crippen molar-refractivity contribution in [3.8, 4) is 16.9 Å². The maximum absolute atomic E-state index is 13.0. The number of rotatable bonds is 4. The van der Waals surface area contributed by atoms with Crippen molar-refractivity contribution >= 4 is 29.2 Å². The summed E-state index contributed by atoms with van der Waals surface area (Å²) in [5.74, 6) is -1.98. The Labute approximate surface area is 235 Å². The van der Waals surface area contributed by atoms with Crippen molar-refractivity contribution < 1.29 is 32.6 Å². The van der Waals surface area contributed by atoms with Gasteiger partial charge in [0.05, 0.1) is 6.61 Å². The molecule has 0 saturated carbocycles. The SMILES string of the molecule is CC(C)N1CCC2(CC1)COc1ccc(NC(=O)c3ccc(-c4ccccc4)c(Cl)c3)cc12.O=C(O)C(F)(F)F. The largest absolute Gasteiger partial charge is 0.492 e. The molecule has 0 atom stereocenters. The zero-order valence-electron chi connectivity index (χ0n) is 22.1. The van der Waals surface area contributed by atoms with Gasteiger partial charge in [-0.05, 0) is 75.7 Å². The van der Waals surface area contributed by atoms with Gasteiger partial charge in [0.1, 0.15) is 5.75 Å². The van der Waals surface area contributed by atoms with Gasteiger partial charge in [0.2, 0.25) is 0 Å². The highest BCUT2D eigenvalue weighted by molar-refractivity contribution is 6.33. The van der Waals surface area contributed by atoms with E-state index in [0.717, 1.165) is 55.1 Å². The summed E-state index contributed by atoms with van der Waals surface area (Å²) in [6, 6.07) is 22.0. The van der Waals surface area contributed by atoms with Crippen LogP contribution in [0.4, 0.5) is 18.9 Å². The maximum atomic E-state index is 13.0. The number of anilines is 1. The summed E-state index contributed by atoms with van der Waals surface area (Å²) >= 11 is 6.52. The molecule has 3 aromatic carbocycles. The number of hydrogen-bond acceptors (Lipinski definition) is 4. The Bertz CT molecular complexity index is 1370. The third-order valence-electron chi connectivity index (χ3n) is 7.36. The fourth-order valence-electron chi connectivity index (χ4n) is 5.04. The molecule has 3 aromatic rings. The summed E-state index contributed by atoms with van der Waals surface area (Å²) in [7, 11) is 0. The Morgan fingerprint density at radius 1 is 1.02 bits per heavy atom. The Morgan fingerprint density at radius 3 is 2.25 bits per heavy atom. The number of alkyl halides is 3. The Balaban J connectivity index is 0.000000470. The van der Waals surface area contributed by atoms with E-state index in [0.29, 0.717) is 16.6 Å². The lowest BCUT2D eigenvalue weighted by atomic mass is 9.74. The van der Waals surface area contributed by atoms with Gasteiger partial charge in [0.15, 0.2) is 0 Å². The number of halogens is 4. The number of carboxylic acids is 1. The van der Waals surface area contributed by atoms with Crippen LogP contribution in [0.5, 0.6) is 5.75 Å². The van der Waals surface area contributed by atoms with Crippen LogP contribution in [0.15, 0.2) is 66.7 Å². The van der Waals surface area contributed by atoms with Crippen molar-refractivity contribution in [1.82, 2.24) is 4.90 Å². The number of hydrogen-bond donors (Lipinski definition) is 2. The Kier molecular flexibility index (Phi) is 8.75. The first kappa shape index (κ1) is 29.4. The quantitative estimate of drug-likeness (QED) is 0.350. The predicted molar refractivity (Wildman–Crippen MR) is 148 cm³/mol. The number of amides is 1. The van der Waals surface area contributed by atoms with Crippen molar-refractivity contribution in [3.63, 3.8) is 0 Å². The van der Waals surface area contributed by atoms with Crippen LogP contribution in [0.1, 0.15) is 42.6 Å². The summed E-state index contributed by atoms with van der Waals surface area (Å²) in [6.07, 6.45) is -2.93. The number of piperidine rings is 1. The molecule has 1 amide bonds. The molecule has 0 bridgehead atoms. The average molecular weight is 575 g/mol. The van der Waals surface area contributed by atoms with Crippen LogP contribution in [0, 0.1) is 0 Å². The van der Waals surface area contributed by atoms with Crippen LogP contribution >= 0.6 is 11.6 Å². The van der Waals surface area contributed by atoms with E-state index < -0.39 is 12.1 Å². The second-order valence-corrected chi connectivity index (χ2v) is 10.6. The monoisotopic (exact) mass is 574 g/mol. The number of aliphatic carboxylic acids is 1. The van der Waals surface area contributed by atoms with Crippen molar-refractivity contribution in [2.75, 3.05) is 25.0 Å². The van der Waals surface area contributed by atoms with E-state index in [9.17, 15) is 18.0 Å². The molecule has 2 aliphatic heterocycles. The highest BCUT2D eigenvalue weighted by Crippen LogP contribution is 2.46. The standard InChI is InChI=1S/C28H29ClN2O2.C2HF3O2/c1-19(2)31-14-12-28(13-15-31)18-33-26-11-9-22(17-24(26)28)30-27(32)21-8-10-23(25(29)16-21)20-6-4-3-5-7-20;3-2(4,5)1(6)7/h3-11,16-17,19H,12-15,18H2,1-2H3,(H,30,32);(H,6,7). The molecule has 1 spiro atoms. The third-order valence-corrected chi connectivity index (χ3v) is 7.67. The summed E-state index contributed by atoms with van der Waals surface area (Å²) in [5, 5.41) is 10.7. The number of carboxylic acid groups (broad SMARTS) is 1. The number of ether oxygens (including phenoxy) is 1. The minimum absolute atomic E-state index is 0.0438. The molecule has 212 valence electrons. The van der Waals surface area contributed by atoms with Gasteiger partial charge in [-0.1, -0.05) is 48.0 Å². The van der Waals surface area contributed by atoms with Gasteiger partial charge in [-0.25, -0.2) is 4.79 Å². The highest BCUT2D eigenvalue weighted by atomic mass is 35.5. The zero-order chi connectivity index (χ0) is 29.1. The van der Waals surface area contributed by atoms with Gasteiger partial charge in [-0.2, -0.15) is 13.2 Å². The highest BCUT2D eigenvalue weighted by Gasteiger charge is 2.43. The minimum Gasteiger partial charge on any atom is -0.492 e. The summed E-state index contributed by atoms with van der Waals surface area (Å²) < 4.78 is 37.8. The number of benzene rings is 3. The van der Waals surface area contributed by atoms with Gasteiger partial charge < -0.3 is 20.1 Å². The molecule has 1 saturated heterocycles. The van der Waals surface area contributed by atoms with Crippen LogP contribution in [-0.4, -0.2) is 53.8 Å². The Morgan fingerprint density at radius 2 is 1.68 bits per heavy atom. The normalized spacial score (nSPS) is 16.1. The lowest BCUT2D eigenvalue weighted by Crippen LogP contribution is -2.46. The zero-order valence-corrected chi connectivity index (χ0v) is 22.9. The van der Waals surface area contributed by atoms with Gasteiger partial charge >= 0.3 is 12.1 Å². The Hall–Kier alpha value is -3.56. The van der Waals surface area contributed by atoms with Crippen LogP contribution < -0.4 is 10.1 Å². The molecule has 2 N–H and O–H groups in total. The van der Waals surface area contributed by atoms with Crippen LogP contribution in [0.25, 0.3) is 11.1 Å². The molecule has 40 heavy (non-hydrogen) atoms. The van der Waals surface area contributed by atoms with Crippen LogP contribution in [0.2, 0.25) is 5.02 Å². The molecular formula is C30H30ClF3N2O4. The number of fused-ring (bicyclic) bond motifs is 2. The fourth-order valence-corrected chi connectivity index (χ4v) is 5.32. The van der Waals surface area contributed by atoms with Crippen LogP contribution in [-0.2, 0) is 10.2 Å². The molecule has 2 aliphatic rings. The van der Waals surface area contributed by atoms with Gasteiger partial charge in [0.25, 0.3) is 5.91 Å². The first-order valence-corrected chi connectivity index (χ1v) is 13.3. The molecule has 1 fully saturated rings. The molecule has 2 heterocycles. The minimum atomic E-state index is -5.08. The molecular weight excluding hydrogens is 545 g/mol. The van der Waals surface area contributed by atoms with Crippen LogP contribution in [0.3, 0.4) is 0 Å². The lowest BCUT2D eigenvalue weighted by Gasteiger charge is -2.40. The fraction of sp³-hybridized carbons (Fsp3) is 0.333. The van der Waals surface area contributed by atoms with Gasteiger partial charge in [0, 0.05) is 38.9 Å². The topological polar surface area (TPSA) is 78.9 Å². The molecule has 0 aliphatic carbocycles. The number of nitrogens with zero attached hydrogens (tertiary/aromatic N) is 1. The van der Waals surface area contributed by atoms with Crippen molar-refractivity contribution in [2.24, 2.45) is 0 Å². The summed E-state index contributed by atoms with van der Waals surface area (Å²) in [4.78, 5) is 24.4. The molecule has 0 aromatic heterocycles. The summed E-state index contributed by atoms with van der Waals surface area (Å²) in [5.41, 5.74) is 4.54. The van der Waals surface area contributed by atoms with E-state index in [1.165, 1.54) is 5.56 Å². The molecule has 5 rings (SSSR count). The lowest BCUT2D eigenvalue weighted by molar-refractivity contribution is -0.192. The maximum Gasteiger partial charge on any atom is 0.490 e.